The van der Waals surface area contributed by atoms with Gasteiger partial charge in [0.15, 0.2) is 0 Å². The smallest absolute Gasteiger partial charge is 0.306 e. The molecule has 7 nitrogen and oxygen atoms in total. The van der Waals surface area contributed by atoms with Crippen molar-refractivity contribution in [1.29, 1.82) is 0 Å². The lowest BCUT2D eigenvalue weighted by Gasteiger charge is -2.25. The van der Waals surface area contributed by atoms with Crippen molar-refractivity contribution in [2.45, 2.75) is 44.0 Å². The van der Waals surface area contributed by atoms with Crippen LogP contribution in [-0.2, 0) is 26.2 Å². The van der Waals surface area contributed by atoms with Crippen LogP contribution in [0, 0.1) is 11.8 Å². The number of hydrogen-bond donors (Lipinski definition) is 3. The summed E-state index contributed by atoms with van der Waals surface area (Å²) in [5.41, 5.74) is 0.786. The number of amides is 1. The minimum Gasteiger partial charge on any atom is -0.481 e. The Kier molecular flexibility index (Phi) is 6.55. The lowest BCUT2D eigenvalue weighted by atomic mass is 9.81. The molecule has 1 fully saturated rings. The molecule has 0 saturated heterocycles. The maximum absolute atomic E-state index is 12.2. The molecule has 3 N–H and O–H groups in total. The molecule has 1 aliphatic carbocycles. The molecule has 0 spiro atoms. The van der Waals surface area contributed by atoms with E-state index < -0.39 is 21.9 Å². The van der Waals surface area contributed by atoms with Gasteiger partial charge in [-0.3, -0.25) is 9.59 Å². The lowest BCUT2D eigenvalue weighted by Crippen LogP contribution is -2.35. The van der Waals surface area contributed by atoms with Gasteiger partial charge >= 0.3 is 5.97 Å². The fourth-order valence-corrected chi connectivity index (χ4v) is 4.09. The Morgan fingerprint density at radius 3 is 2.40 bits per heavy atom. The first kappa shape index (κ1) is 19.4. The molecule has 1 saturated carbocycles. The van der Waals surface area contributed by atoms with E-state index in [-0.39, 0.29) is 23.3 Å². The van der Waals surface area contributed by atoms with Gasteiger partial charge in [0.1, 0.15) is 0 Å². The third-order valence-electron chi connectivity index (χ3n) is 4.43. The zero-order valence-corrected chi connectivity index (χ0v) is 15.0. The van der Waals surface area contributed by atoms with Gasteiger partial charge in [-0.05, 0) is 37.0 Å². The van der Waals surface area contributed by atoms with Gasteiger partial charge in [0.05, 0.1) is 10.8 Å². The van der Waals surface area contributed by atoms with E-state index in [4.69, 9.17) is 5.11 Å². The number of aliphatic carboxylic acids is 1. The van der Waals surface area contributed by atoms with E-state index >= 15 is 0 Å². The molecule has 1 aromatic carbocycles. The second-order valence-electron chi connectivity index (χ2n) is 6.26. The standard InChI is InChI=1S/C17H24N2O5S/c1-2-19-25(23,24)15-8-6-12(7-9-15)11-18-16(20)13-4-3-5-14(10-13)17(21)22/h6-9,13-14,19H,2-5,10-11H2,1H3,(H,18,20)(H,21,22). The summed E-state index contributed by atoms with van der Waals surface area (Å²) in [6, 6.07) is 6.32. The summed E-state index contributed by atoms with van der Waals surface area (Å²) in [6.07, 6.45) is 2.45. The van der Waals surface area contributed by atoms with Crippen molar-refractivity contribution in [2.24, 2.45) is 11.8 Å². The van der Waals surface area contributed by atoms with E-state index in [2.05, 4.69) is 10.0 Å². The van der Waals surface area contributed by atoms with E-state index in [0.717, 1.165) is 12.0 Å². The molecule has 2 rings (SSSR count). The highest BCUT2D eigenvalue weighted by atomic mass is 32.2. The number of sulfonamides is 1. The first-order chi connectivity index (χ1) is 11.8. The first-order valence-electron chi connectivity index (χ1n) is 8.42. The van der Waals surface area contributed by atoms with Gasteiger partial charge in [-0.2, -0.15) is 0 Å². The average Bonchev–Trinajstić information content (AvgIpc) is 2.60. The molecule has 0 aromatic heterocycles. The summed E-state index contributed by atoms with van der Waals surface area (Å²) >= 11 is 0. The Balaban J connectivity index is 1.90. The third kappa shape index (κ3) is 5.27. The minimum absolute atomic E-state index is 0.143. The third-order valence-corrected chi connectivity index (χ3v) is 5.99. The monoisotopic (exact) mass is 368 g/mol. The van der Waals surface area contributed by atoms with E-state index in [1.807, 2.05) is 0 Å². The van der Waals surface area contributed by atoms with Gasteiger partial charge in [0.2, 0.25) is 15.9 Å². The molecule has 0 aliphatic heterocycles. The molecular formula is C17H24N2O5S. The van der Waals surface area contributed by atoms with E-state index in [0.29, 0.717) is 25.8 Å². The Bertz CT molecular complexity index is 715. The fraction of sp³-hybridized carbons (Fsp3) is 0.529. The summed E-state index contributed by atoms with van der Waals surface area (Å²) in [4.78, 5) is 23.5. The predicted octanol–water partition coefficient (Wildman–Crippen LogP) is 1.49. The zero-order valence-electron chi connectivity index (χ0n) is 14.2. The van der Waals surface area contributed by atoms with Gasteiger partial charge in [-0.15, -0.1) is 0 Å². The molecule has 2 atom stereocenters. The summed E-state index contributed by atoms with van der Waals surface area (Å²) in [7, 11) is -3.48. The zero-order chi connectivity index (χ0) is 18.4. The van der Waals surface area contributed by atoms with E-state index in [1.165, 1.54) is 12.1 Å². The summed E-state index contributed by atoms with van der Waals surface area (Å²) in [5, 5.41) is 11.9. The van der Waals surface area contributed by atoms with Gasteiger partial charge in [-0.25, -0.2) is 13.1 Å². The van der Waals surface area contributed by atoms with Crippen molar-refractivity contribution in [3.63, 3.8) is 0 Å². The maximum atomic E-state index is 12.2. The normalized spacial score (nSPS) is 20.8. The molecular weight excluding hydrogens is 344 g/mol. The predicted molar refractivity (Wildman–Crippen MR) is 92.2 cm³/mol. The highest BCUT2D eigenvalue weighted by Gasteiger charge is 2.30. The molecule has 1 aromatic rings. The Hall–Kier alpha value is -1.93. The van der Waals surface area contributed by atoms with Crippen LogP contribution >= 0.6 is 0 Å². The first-order valence-corrected chi connectivity index (χ1v) is 9.91. The van der Waals surface area contributed by atoms with Crippen LogP contribution in [0.15, 0.2) is 29.2 Å². The van der Waals surface area contributed by atoms with Crippen molar-refractivity contribution in [2.75, 3.05) is 6.54 Å². The molecule has 1 amide bonds. The van der Waals surface area contributed by atoms with Crippen LogP contribution in [0.2, 0.25) is 0 Å². The number of carbonyl (C=O) groups excluding carboxylic acids is 1. The molecule has 0 heterocycles. The highest BCUT2D eigenvalue weighted by molar-refractivity contribution is 7.89. The molecule has 0 radical (unpaired) electrons. The second kappa shape index (κ2) is 8.44. The SMILES string of the molecule is CCNS(=O)(=O)c1ccc(CNC(=O)C2CCCC(C(=O)O)C2)cc1. The largest absolute Gasteiger partial charge is 0.481 e. The van der Waals surface area contributed by atoms with Crippen molar-refractivity contribution >= 4 is 21.9 Å². The van der Waals surface area contributed by atoms with Crippen molar-refractivity contribution in [1.82, 2.24) is 10.0 Å². The van der Waals surface area contributed by atoms with Crippen LogP contribution in [0.4, 0.5) is 0 Å². The fourth-order valence-electron chi connectivity index (χ4n) is 3.05. The van der Waals surface area contributed by atoms with Crippen LogP contribution in [-0.4, -0.2) is 31.9 Å². The number of benzene rings is 1. The van der Waals surface area contributed by atoms with Crippen molar-refractivity contribution in [3.05, 3.63) is 29.8 Å². The van der Waals surface area contributed by atoms with Gasteiger partial charge in [0.25, 0.3) is 0 Å². The van der Waals surface area contributed by atoms with Crippen molar-refractivity contribution < 1.29 is 23.1 Å². The number of carboxylic acids is 1. The Labute approximate surface area is 147 Å². The quantitative estimate of drug-likeness (QED) is 0.675. The van der Waals surface area contributed by atoms with Crippen LogP contribution < -0.4 is 10.0 Å². The van der Waals surface area contributed by atoms with E-state index in [9.17, 15) is 18.0 Å². The molecule has 1 aliphatic rings. The Morgan fingerprint density at radius 1 is 1.16 bits per heavy atom. The van der Waals surface area contributed by atoms with Crippen LogP contribution in [0.25, 0.3) is 0 Å². The van der Waals surface area contributed by atoms with E-state index in [1.54, 1.807) is 19.1 Å². The average molecular weight is 368 g/mol. The number of carboxylic acid groups (broad SMARTS) is 1. The molecule has 25 heavy (non-hydrogen) atoms. The summed E-state index contributed by atoms with van der Waals surface area (Å²) < 4.78 is 26.2. The molecule has 8 heteroatoms. The maximum Gasteiger partial charge on any atom is 0.306 e. The molecule has 2 unspecified atom stereocenters. The lowest BCUT2D eigenvalue weighted by molar-refractivity contribution is -0.144. The molecule has 0 bridgehead atoms. The number of nitrogens with one attached hydrogen (secondary N) is 2. The summed E-state index contributed by atoms with van der Waals surface area (Å²) in [5.74, 6) is -1.70. The Morgan fingerprint density at radius 2 is 1.80 bits per heavy atom. The van der Waals surface area contributed by atoms with Crippen LogP contribution in [0.1, 0.15) is 38.2 Å². The van der Waals surface area contributed by atoms with Gasteiger partial charge in [-0.1, -0.05) is 25.5 Å². The minimum atomic E-state index is -3.48. The number of carbonyl (C=O) groups is 2. The van der Waals surface area contributed by atoms with Gasteiger partial charge < -0.3 is 10.4 Å². The van der Waals surface area contributed by atoms with Crippen molar-refractivity contribution in [3.8, 4) is 0 Å². The second-order valence-corrected chi connectivity index (χ2v) is 8.03. The highest BCUT2D eigenvalue weighted by Crippen LogP contribution is 2.29. The topological polar surface area (TPSA) is 113 Å². The van der Waals surface area contributed by atoms with Crippen LogP contribution in [0.5, 0.6) is 0 Å². The number of rotatable bonds is 7. The molecule has 138 valence electrons. The van der Waals surface area contributed by atoms with Crippen LogP contribution in [0.3, 0.4) is 0 Å². The number of hydrogen-bond acceptors (Lipinski definition) is 4. The summed E-state index contributed by atoms with van der Waals surface area (Å²) in [6.45, 7) is 2.31. The van der Waals surface area contributed by atoms with Gasteiger partial charge in [0, 0.05) is 19.0 Å².